The van der Waals surface area contributed by atoms with E-state index in [2.05, 4.69) is 0 Å². The maximum atomic E-state index is 5.30. The monoisotopic (exact) mass is 238 g/mol. The van der Waals surface area contributed by atoms with Crippen molar-refractivity contribution >= 4 is 22.0 Å². The van der Waals surface area contributed by atoms with Crippen molar-refractivity contribution in [1.29, 1.82) is 0 Å². The molecule has 0 amide bonds. The van der Waals surface area contributed by atoms with Gasteiger partial charge in [-0.3, -0.25) is 0 Å². The molecule has 52 valence electrons. The molecule has 0 heterocycles. The van der Waals surface area contributed by atoms with Crippen LogP contribution in [0.25, 0.3) is 0 Å². The molecule has 0 aromatic heterocycles. The van der Waals surface area contributed by atoms with Crippen LogP contribution in [0, 0.1) is 0 Å². The van der Waals surface area contributed by atoms with Crippen molar-refractivity contribution in [3.63, 3.8) is 0 Å². The van der Waals surface area contributed by atoms with Crippen LogP contribution >= 0.6 is 0 Å². The van der Waals surface area contributed by atoms with Gasteiger partial charge in [0.15, 0.2) is 0 Å². The molecule has 0 aromatic rings. The van der Waals surface area contributed by atoms with E-state index in [4.69, 9.17) is 6.15 Å². The Morgan fingerprint density at radius 1 is 0.889 bits per heavy atom. The molecule has 0 N–H and O–H groups in total. The summed E-state index contributed by atoms with van der Waals surface area (Å²) in [5, 5.41) is 0. The molecule has 0 bridgehead atoms. The minimum atomic E-state index is -0.929. The van der Waals surface area contributed by atoms with Crippen LogP contribution in [0.3, 0.4) is 0 Å². The van der Waals surface area contributed by atoms with Gasteiger partial charge in [-0.05, 0) is 0 Å². The SMILES string of the molecule is CC(C)[O][Sn+2][O]C(C)C. The summed E-state index contributed by atoms with van der Waals surface area (Å²) in [6.07, 6.45) is 0.686. The number of hydrogen-bond acceptors (Lipinski definition) is 2. The Morgan fingerprint density at radius 3 is 1.44 bits per heavy atom. The summed E-state index contributed by atoms with van der Waals surface area (Å²) in [4.78, 5) is 0. The summed E-state index contributed by atoms with van der Waals surface area (Å²) in [6, 6.07) is 0. The Morgan fingerprint density at radius 2 is 1.22 bits per heavy atom. The number of rotatable bonds is 4. The third-order valence-electron chi connectivity index (χ3n) is 0.568. The molecule has 0 fully saturated rings. The molecule has 0 atom stereocenters. The topological polar surface area (TPSA) is 18.5 Å². The van der Waals surface area contributed by atoms with Crippen molar-refractivity contribution in [2.24, 2.45) is 0 Å². The van der Waals surface area contributed by atoms with Gasteiger partial charge in [0.25, 0.3) is 0 Å². The first-order valence-corrected chi connectivity index (χ1v) is 5.52. The Hall–Kier alpha value is 0.719. The zero-order valence-corrected chi connectivity index (χ0v) is 9.33. The van der Waals surface area contributed by atoms with Crippen molar-refractivity contribution in [3.05, 3.63) is 0 Å². The molecule has 0 saturated carbocycles. The molecule has 0 unspecified atom stereocenters. The minimum absolute atomic E-state index is 0.343. The standard InChI is InChI=1S/2C3H7O.Sn/c2*1-3(2)4;/h2*3H,1-2H3;/q2*-1;+4. The predicted molar refractivity (Wildman–Crippen MR) is 38.2 cm³/mol. The summed E-state index contributed by atoms with van der Waals surface area (Å²) in [7, 11) is 0. The quantitative estimate of drug-likeness (QED) is 0.687. The molecule has 0 aliphatic heterocycles. The van der Waals surface area contributed by atoms with Crippen LogP contribution in [0.4, 0.5) is 0 Å². The van der Waals surface area contributed by atoms with Crippen LogP contribution in [0.2, 0.25) is 0 Å². The Balaban J connectivity index is 2.91. The normalized spacial score (nSPS) is 10.4. The van der Waals surface area contributed by atoms with Crippen molar-refractivity contribution in [2.45, 2.75) is 39.9 Å². The summed E-state index contributed by atoms with van der Waals surface area (Å²) in [5.41, 5.74) is 0. The summed E-state index contributed by atoms with van der Waals surface area (Å²) in [6.45, 7) is 8.13. The van der Waals surface area contributed by atoms with E-state index in [1.165, 1.54) is 0 Å². The number of hydrogen-bond donors (Lipinski definition) is 0. The molecule has 3 heteroatoms. The van der Waals surface area contributed by atoms with Gasteiger partial charge in [-0.1, -0.05) is 0 Å². The average molecular weight is 237 g/mol. The van der Waals surface area contributed by atoms with E-state index in [0.29, 0.717) is 12.2 Å². The molecule has 0 aliphatic rings. The van der Waals surface area contributed by atoms with Crippen LogP contribution in [-0.2, 0) is 6.15 Å². The van der Waals surface area contributed by atoms with Crippen LogP contribution in [0.15, 0.2) is 0 Å². The van der Waals surface area contributed by atoms with Gasteiger partial charge in [0.2, 0.25) is 0 Å². The van der Waals surface area contributed by atoms with Gasteiger partial charge in [0.05, 0.1) is 0 Å². The van der Waals surface area contributed by atoms with E-state index >= 15 is 0 Å². The van der Waals surface area contributed by atoms with E-state index in [1.54, 1.807) is 0 Å². The zero-order chi connectivity index (χ0) is 7.28. The molecule has 0 radical (unpaired) electrons. The van der Waals surface area contributed by atoms with Crippen LogP contribution < -0.4 is 0 Å². The first-order chi connectivity index (χ1) is 4.13. The summed E-state index contributed by atoms with van der Waals surface area (Å²) >= 11 is -0.929. The fourth-order valence-corrected chi connectivity index (χ4v) is 1.48. The van der Waals surface area contributed by atoms with Crippen LogP contribution in [0.5, 0.6) is 0 Å². The molecule has 0 rings (SSSR count). The van der Waals surface area contributed by atoms with Gasteiger partial charge in [-0.2, -0.15) is 0 Å². The van der Waals surface area contributed by atoms with E-state index in [1.807, 2.05) is 27.7 Å². The fourth-order valence-electron chi connectivity index (χ4n) is 0.220. The van der Waals surface area contributed by atoms with E-state index < -0.39 is 22.0 Å². The van der Waals surface area contributed by atoms with E-state index in [0.717, 1.165) is 0 Å². The van der Waals surface area contributed by atoms with Crippen LogP contribution in [0.1, 0.15) is 27.7 Å². The van der Waals surface area contributed by atoms with Gasteiger partial charge < -0.3 is 0 Å². The second-order valence-corrected chi connectivity index (χ2v) is 4.24. The van der Waals surface area contributed by atoms with Gasteiger partial charge in [-0.15, -0.1) is 0 Å². The molecular weight excluding hydrogens is 223 g/mol. The maximum absolute atomic E-state index is 5.30. The third-order valence-corrected chi connectivity index (χ3v) is 3.81. The summed E-state index contributed by atoms with van der Waals surface area (Å²) in [5.74, 6) is 0. The first-order valence-electron chi connectivity index (χ1n) is 3.19. The van der Waals surface area contributed by atoms with E-state index in [9.17, 15) is 0 Å². The van der Waals surface area contributed by atoms with Gasteiger partial charge in [0.1, 0.15) is 0 Å². The second-order valence-electron chi connectivity index (χ2n) is 2.42. The van der Waals surface area contributed by atoms with Gasteiger partial charge >= 0.3 is 68.0 Å². The zero-order valence-electron chi connectivity index (χ0n) is 6.47. The van der Waals surface area contributed by atoms with Crippen molar-refractivity contribution < 1.29 is 6.15 Å². The summed E-state index contributed by atoms with van der Waals surface area (Å²) < 4.78 is 10.6. The molecule has 9 heavy (non-hydrogen) atoms. The van der Waals surface area contributed by atoms with Crippen molar-refractivity contribution in [2.75, 3.05) is 0 Å². The average Bonchev–Trinajstić information content (AvgIpc) is 1.63. The van der Waals surface area contributed by atoms with Gasteiger partial charge in [-0.25, -0.2) is 0 Å². The van der Waals surface area contributed by atoms with Crippen molar-refractivity contribution in [3.8, 4) is 0 Å². The predicted octanol–water partition coefficient (Wildman–Crippen LogP) is 1.37. The molecule has 0 saturated heterocycles. The van der Waals surface area contributed by atoms with Crippen LogP contribution in [-0.4, -0.2) is 34.2 Å². The van der Waals surface area contributed by atoms with Gasteiger partial charge in [0, 0.05) is 0 Å². The van der Waals surface area contributed by atoms with E-state index in [-0.39, 0.29) is 0 Å². The molecule has 0 spiro atoms. The second kappa shape index (κ2) is 5.50. The molecule has 0 aliphatic carbocycles. The molecule has 0 aromatic carbocycles. The first kappa shape index (κ1) is 9.72. The molecule has 2 nitrogen and oxygen atoms in total. The van der Waals surface area contributed by atoms with Crippen molar-refractivity contribution in [1.82, 2.24) is 0 Å². The fraction of sp³-hybridized carbons (Fsp3) is 1.00. The molecular formula is C6H14O2Sn+2. The Labute approximate surface area is 68.2 Å². The Bertz CT molecular complexity index is 56.1. The Kier molecular flexibility index (Phi) is 5.94. The third kappa shape index (κ3) is 8.72.